The van der Waals surface area contributed by atoms with Gasteiger partial charge in [0.05, 0.1) is 4.88 Å². The van der Waals surface area contributed by atoms with E-state index >= 15 is 0 Å². The van der Waals surface area contributed by atoms with Crippen LogP contribution in [0.25, 0.3) is 10.6 Å². The summed E-state index contributed by atoms with van der Waals surface area (Å²) in [5.74, 6) is -1.14. The molecule has 0 saturated carbocycles. The lowest BCUT2D eigenvalue weighted by molar-refractivity contribution is 0.507. The lowest BCUT2D eigenvalue weighted by Crippen LogP contribution is -1.90. The first-order valence-electron chi connectivity index (χ1n) is 6.17. The van der Waals surface area contributed by atoms with Crippen LogP contribution >= 0.6 is 23.1 Å². The first kappa shape index (κ1) is 14.2. The molecule has 2 nitrogen and oxygen atoms in total. The van der Waals surface area contributed by atoms with E-state index in [-0.39, 0.29) is 0 Å². The molecule has 0 bridgehead atoms. The van der Waals surface area contributed by atoms with Gasteiger partial charge in [-0.05, 0) is 41.3 Å². The van der Waals surface area contributed by atoms with Crippen LogP contribution in [0, 0.1) is 11.6 Å². The van der Waals surface area contributed by atoms with Crippen molar-refractivity contribution in [3.63, 3.8) is 0 Å². The predicted molar refractivity (Wildman–Crippen MR) is 81.3 cm³/mol. The predicted octanol–water partition coefficient (Wildman–Crippen LogP) is 4.78. The Morgan fingerprint density at radius 3 is 2.57 bits per heavy atom. The Hall–Kier alpha value is -1.79. The van der Waals surface area contributed by atoms with Crippen LogP contribution in [-0.2, 0) is 5.75 Å². The highest BCUT2D eigenvalue weighted by Crippen LogP contribution is 2.25. The molecule has 0 spiro atoms. The van der Waals surface area contributed by atoms with Crippen molar-refractivity contribution in [1.29, 1.82) is 0 Å². The zero-order valence-electron chi connectivity index (χ0n) is 10.8. The fourth-order valence-corrected chi connectivity index (χ4v) is 3.19. The molecule has 0 fully saturated rings. The number of halogens is 2. The van der Waals surface area contributed by atoms with Gasteiger partial charge in [-0.25, -0.2) is 8.78 Å². The topological polar surface area (TPSA) is 25.8 Å². The van der Waals surface area contributed by atoms with Crippen molar-refractivity contribution >= 4 is 23.1 Å². The number of hydrogen-bond acceptors (Lipinski definition) is 4. The summed E-state index contributed by atoms with van der Waals surface area (Å²) in [4.78, 5) is 1.07. The molecule has 2 aromatic heterocycles. The van der Waals surface area contributed by atoms with Gasteiger partial charge in [0.1, 0.15) is 10.7 Å². The third kappa shape index (κ3) is 3.46. The highest BCUT2D eigenvalue weighted by atomic mass is 32.2. The average molecular weight is 320 g/mol. The van der Waals surface area contributed by atoms with Gasteiger partial charge in [0.15, 0.2) is 11.6 Å². The van der Waals surface area contributed by atoms with E-state index in [1.807, 2.05) is 29.6 Å². The lowest BCUT2D eigenvalue weighted by Gasteiger charge is -2.02. The summed E-state index contributed by atoms with van der Waals surface area (Å²) < 4.78 is 25.9. The van der Waals surface area contributed by atoms with Crippen molar-refractivity contribution in [3.8, 4) is 10.6 Å². The highest BCUT2D eigenvalue weighted by Gasteiger charge is 2.05. The van der Waals surface area contributed by atoms with Gasteiger partial charge < -0.3 is 0 Å². The second-order valence-corrected chi connectivity index (χ2v) is 6.21. The summed E-state index contributed by atoms with van der Waals surface area (Å²) in [6, 6.07) is 11.7. The number of rotatable bonds is 4. The number of thiophene rings is 1. The van der Waals surface area contributed by atoms with Crippen LogP contribution in [0.5, 0.6) is 0 Å². The molecular formula is C15H10F2N2S2. The van der Waals surface area contributed by atoms with Crippen LogP contribution in [0.2, 0.25) is 0 Å². The highest BCUT2D eigenvalue weighted by molar-refractivity contribution is 7.98. The van der Waals surface area contributed by atoms with Gasteiger partial charge in [0, 0.05) is 5.75 Å². The SMILES string of the molecule is Fc1ccc(CSc2ccc(-c3cccs3)nn2)cc1F. The van der Waals surface area contributed by atoms with Gasteiger partial charge in [0.25, 0.3) is 0 Å². The molecule has 0 radical (unpaired) electrons. The molecule has 0 atom stereocenters. The fraction of sp³-hybridized carbons (Fsp3) is 0.0667. The van der Waals surface area contributed by atoms with Crippen LogP contribution in [0.15, 0.2) is 52.9 Å². The zero-order valence-corrected chi connectivity index (χ0v) is 12.4. The van der Waals surface area contributed by atoms with Crippen molar-refractivity contribution in [2.45, 2.75) is 10.8 Å². The largest absolute Gasteiger partial charge is 0.204 e. The molecule has 6 heteroatoms. The van der Waals surface area contributed by atoms with Gasteiger partial charge >= 0.3 is 0 Å². The molecular weight excluding hydrogens is 310 g/mol. The van der Waals surface area contributed by atoms with E-state index in [1.165, 1.54) is 17.8 Å². The Kier molecular flexibility index (Phi) is 4.26. The molecule has 3 aromatic rings. The minimum Gasteiger partial charge on any atom is -0.204 e. The molecule has 21 heavy (non-hydrogen) atoms. The standard InChI is InChI=1S/C15H10F2N2S2/c16-11-4-3-10(8-12(11)17)9-21-15-6-5-13(18-19-15)14-2-1-7-20-14/h1-8H,9H2. The van der Waals surface area contributed by atoms with Gasteiger partial charge in [-0.1, -0.05) is 23.9 Å². The summed E-state index contributed by atoms with van der Waals surface area (Å²) in [7, 11) is 0. The maximum atomic E-state index is 13.1. The van der Waals surface area contributed by atoms with Gasteiger partial charge in [-0.3, -0.25) is 0 Å². The molecule has 0 aliphatic carbocycles. The van der Waals surface area contributed by atoms with E-state index in [0.717, 1.165) is 21.7 Å². The third-order valence-electron chi connectivity index (χ3n) is 2.78. The van der Waals surface area contributed by atoms with Crippen molar-refractivity contribution < 1.29 is 8.78 Å². The fourth-order valence-electron chi connectivity index (χ4n) is 1.74. The molecule has 106 valence electrons. The number of thioether (sulfide) groups is 1. The van der Waals surface area contributed by atoms with Crippen molar-refractivity contribution in [2.24, 2.45) is 0 Å². The maximum Gasteiger partial charge on any atom is 0.159 e. The van der Waals surface area contributed by atoms with E-state index in [4.69, 9.17) is 0 Å². The van der Waals surface area contributed by atoms with Gasteiger partial charge in [-0.2, -0.15) is 0 Å². The van der Waals surface area contributed by atoms with E-state index in [0.29, 0.717) is 11.3 Å². The second-order valence-electron chi connectivity index (χ2n) is 4.27. The molecule has 3 rings (SSSR count). The van der Waals surface area contributed by atoms with Gasteiger partial charge in [0.2, 0.25) is 0 Å². The molecule has 0 N–H and O–H groups in total. The van der Waals surface area contributed by atoms with E-state index in [9.17, 15) is 8.78 Å². The lowest BCUT2D eigenvalue weighted by atomic mass is 10.2. The third-order valence-corrected chi connectivity index (χ3v) is 4.67. The monoisotopic (exact) mass is 320 g/mol. The summed E-state index contributed by atoms with van der Waals surface area (Å²) in [6.45, 7) is 0. The Labute approximate surface area is 128 Å². The normalized spacial score (nSPS) is 10.8. The van der Waals surface area contributed by atoms with Crippen LogP contribution in [0.3, 0.4) is 0 Å². The maximum absolute atomic E-state index is 13.1. The van der Waals surface area contributed by atoms with Crippen molar-refractivity contribution in [3.05, 3.63) is 65.0 Å². The van der Waals surface area contributed by atoms with Crippen molar-refractivity contribution in [2.75, 3.05) is 0 Å². The van der Waals surface area contributed by atoms with Gasteiger partial charge in [-0.15, -0.1) is 21.5 Å². The smallest absolute Gasteiger partial charge is 0.159 e. The average Bonchev–Trinajstić information content (AvgIpc) is 3.03. The molecule has 0 unspecified atom stereocenters. The van der Waals surface area contributed by atoms with Crippen LogP contribution in [-0.4, -0.2) is 10.2 Å². The molecule has 0 saturated heterocycles. The van der Waals surface area contributed by atoms with E-state index in [2.05, 4.69) is 10.2 Å². The molecule has 0 aliphatic heterocycles. The first-order valence-corrected chi connectivity index (χ1v) is 8.03. The van der Waals surface area contributed by atoms with E-state index < -0.39 is 11.6 Å². The Bertz CT molecular complexity index is 728. The Morgan fingerprint density at radius 1 is 1.00 bits per heavy atom. The molecule has 0 aliphatic rings. The molecule has 1 aromatic carbocycles. The van der Waals surface area contributed by atoms with Crippen LogP contribution in [0.1, 0.15) is 5.56 Å². The quantitative estimate of drug-likeness (QED) is 0.647. The minimum absolute atomic E-state index is 0.518. The summed E-state index contributed by atoms with van der Waals surface area (Å²) >= 11 is 3.04. The first-order chi connectivity index (χ1) is 10.2. The molecule has 2 heterocycles. The summed E-state index contributed by atoms with van der Waals surface area (Å²) in [5.41, 5.74) is 1.55. The minimum atomic E-state index is -0.830. The number of nitrogens with zero attached hydrogens (tertiary/aromatic N) is 2. The Morgan fingerprint density at radius 2 is 1.90 bits per heavy atom. The number of benzene rings is 1. The van der Waals surface area contributed by atoms with Crippen molar-refractivity contribution in [1.82, 2.24) is 10.2 Å². The Balaban J connectivity index is 1.66. The van der Waals surface area contributed by atoms with E-state index in [1.54, 1.807) is 17.4 Å². The number of aromatic nitrogens is 2. The van der Waals surface area contributed by atoms with Crippen LogP contribution < -0.4 is 0 Å². The molecule has 0 amide bonds. The number of hydrogen-bond donors (Lipinski definition) is 0. The van der Waals surface area contributed by atoms with Crippen LogP contribution in [0.4, 0.5) is 8.78 Å². The summed E-state index contributed by atoms with van der Waals surface area (Å²) in [5, 5.41) is 11.1. The summed E-state index contributed by atoms with van der Waals surface area (Å²) in [6.07, 6.45) is 0. The zero-order chi connectivity index (χ0) is 14.7. The second kappa shape index (κ2) is 6.32.